The minimum atomic E-state index is 0.0507. The molecule has 0 heterocycles. The van der Waals surface area contributed by atoms with Crippen LogP contribution in [0.4, 0.5) is 0 Å². The van der Waals surface area contributed by atoms with E-state index in [0.717, 1.165) is 10.0 Å². The van der Waals surface area contributed by atoms with E-state index < -0.39 is 0 Å². The summed E-state index contributed by atoms with van der Waals surface area (Å²) in [6, 6.07) is 7.98. The van der Waals surface area contributed by atoms with E-state index in [1.54, 1.807) is 0 Å². The Kier molecular flexibility index (Phi) is 9.06. The highest BCUT2D eigenvalue weighted by atomic mass is 79.9. The predicted octanol–water partition coefficient (Wildman–Crippen LogP) is 1.99. The fourth-order valence-electron chi connectivity index (χ4n) is 1.30. The molecule has 0 radical (unpaired) electrons. The van der Waals surface area contributed by atoms with Crippen LogP contribution < -0.4 is 0 Å². The molecule has 0 unspecified atom stereocenters. The third-order valence-corrected chi connectivity index (χ3v) is 2.97. The fourth-order valence-corrected chi connectivity index (χ4v) is 1.70. The summed E-state index contributed by atoms with van der Waals surface area (Å²) in [7, 11) is 0. The summed E-state index contributed by atoms with van der Waals surface area (Å²) in [6.45, 7) is 3.13. The van der Waals surface area contributed by atoms with E-state index in [0.29, 0.717) is 39.6 Å². The van der Waals surface area contributed by atoms with Gasteiger partial charge in [-0.1, -0.05) is 34.1 Å². The first kappa shape index (κ1) is 15.6. The second-order valence-corrected chi connectivity index (χ2v) is 4.45. The van der Waals surface area contributed by atoms with Crippen LogP contribution in [0.3, 0.4) is 0 Å². The van der Waals surface area contributed by atoms with Crippen LogP contribution in [0.2, 0.25) is 0 Å². The molecule has 102 valence electrons. The molecule has 1 N–H and O–H groups in total. The third kappa shape index (κ3) is 7.08. The van der Waals surface area contributed by atoms with Crippen LogP contribution in [0.5, 0.6) is 0 Å². The molecular weight excluding hydrogens is 300 g/mol. The van der Waals surface area contributed by atoms with Gasteiger partial charge in [0.1, 0.15) is 0 Å². The summed E-state index contributed by atoms with van der Waals surface area (Å²) in [5.74, 6) is 0. The molecule has 0 aliphatic carbocycles. The Bertz CT molecular complexity index is 320. The highest BCUT2D eigenvalue weighted by Crippen LogP contribution is 2.16. The van der Waals surface area contributed by atoms with Gasteiger partial charge in [-0.25, -0.2) is 0 Å². The number of hydrogen-bond donors (Lipinski definition) is 1. The van der Waals surface area contributed by atoms with Gasteiger partial charge in [-0.05, 0) is 11.6 Å². The number of hydrogen-bond acceptors (Lipinski definition) is 4. The Balaban J connectivity index is 1.94. The van der Waals surface area contributed by atoms with Crippen LogP contribution in [0.15, 0.2) is 28.7 Å². The maximum atomic E-state index is 8.48. The number of halogens is 1. The van der Waals surface area contributed by atoms with E-state index in [-0.39, 0.29) is 6.61 Å². The molecule has 0 aliphatic heterocycles. The van der Waals surface area contributed by atoms with E-state index in [1.807, 2.05) is 24.3 Å². The van der Waals surface area contributed by atoms with Gasteiger partial charge in [0.25, 0.3) is 0 Å². The van der Waals surface area contributed by atoms with E-state index in [1.165, 1.54) is 0 Å². The number of ether oxygens (including phenoxy) is 3. The average Bonchev–Trinajstić information content (AvgIpc) is 2.39. The van der Waals surface area contributed by atoms with Gasteiger partial charge in [0.15, 0.2) is 0 Å². The molecule has 0 aromatic heterocycles. The van der Waals surface area contributed by atoms with Crippen LogP contribution in [0.1, 0.15) is 5.56 Å². The van der Waals surface area contributed by atoms with Crippen molar-refractivity contribution in [2.75, 3.05) is 39.6 Å². The van der Waals surface area contributed by atoms with Gasteiger partial charge in [0, 0.05) is 4.47 Å². The zero-order chi connectivity index (χ0) is 13.1. The summed E-state index contributed by atoms with van der Waals surface area (Å²) in [5, 5.41) is 8.48. The van der Waals surface area contributed by atoms with Crippen LogP contribution >= 0.6 is 15.9 Å². The Morgan fingerprint density at radius 1 is 0.889 bits per heavy atom. The molecule has 0 saturated carbocycles. The SMILES string of the molecule is OCCOCCOCCOCc1ccccc1Br. The fraction of sp³-hybridized carbons (Fsp3) is 0.538. The lowest BCUT2D eigenvalue weighted by Crippen LogP contribution is -2.10. The van der Waals surface area contributed by atoms with Crippen molar-refractivity contribution in [3.8, 4) is 0 Å². The zero-order valence-electron chi connectivity index (χ0n) is 10.3. The maximum Gasteiger partial charge on any atom is 0.0728 e. The van der Waals surface area contributed by atoms with Gasteiger partial charge in [-0.3, -0.25) is 0 Å². The highest BCUT2D eigenvalue weighted by molar-refractivity contribution is 9.10. The van der Waals surface area contributed by atoms with Crippen molar-refractivity contribution in [2.45, 2.75) is 6.61 Å². The number of rotatable bonds is 10. The van der Waals surface area contributed by atoms with Gasteiger partial charge in [-0.2, -0.15) is 0 Å². The standard InChI is InChI=1S/C13H19BrO4/c14-13-4-2-1-3-12(13)11-18-10-9-17-8-7-16-6-5-15/h1-4,15H,5-11H2. The van der Waals surface area contributed by atoms with Gasteiger partial charge in [0.05, 0.1) is 46.2 Å². The molecule has 1 aromatic rings. The third-order valence-electron chi connectivity index (χ3n) is 2.20. The Morgan fingerprint density at radius 3 is 2.17 bits per heavy atom. The average molecular weight is 319 g/mol. The van der Waals surface area contributed by atoms with E-state index in [2.05, 4.69) is 15.9 Å². The Morgan fingerprint density at radius 2 is 1.50 bits per heavy atom. The minimum absolute atomic E-state index is 0.0507. The first-order valence-corrected chi connectivity index (χ1v) is 6.71. The molecule has 5 heteroatoms. The summed E-state index contributed by atoms with van der Waals surface area (Å²) in [6.07, 6.45) is 0. The summed E-state index contributed by atoms with van der Waals surface area (Å²) < 4.78 is 16.9. The molecule has 0 amide bonds. The minimum Gasteiger partial charge on any atom is -0.394 e. The summed E-state index contributed by atoms with van der Waals surface area (Å²) >= 11 is 3.47. The number of benzene rings is 1. The molecular formula is C13H19BrO4. The zero-order valence-corrected chi connectivity index (χ0v) is 11.9. The Labute approximate surface area is 116 Å². The van der Waals surface area contributed by atoms with Gasteiger partial charge < -0.3 is 19.3 Å². The molecule has 4 nitrogen and oxygen atoms in total. The number of aliphatic hydroxyl groups is 1. The highest BCUT2D eigenvalue weighted by Gasteiger charge is 1.98. The number of aliphatic hydroxyl groups excluding tert-OH is 1. The normalized spacial score (nSPS) is 10.8. The summed E-state index contributed by atoms with van der Waals surface area (Å²) in [4.78, 5) is 0. The lowest BCUT2D eigenvalue weighted by molar-refractivity contribution is 0.00443. The van der Waals surface area contributed by atoms with E-state index in [4.69, 9.17) is 19.3 Å². The maximum absolute atomic E-state index is 8.48. The largest absolute Gasteiger partial charge is 0.394 e. The molecule has 0 saturated heterocycles. The van der Waals surface area contributed by atoms with Crippen molar-refractivity contribution in [3.63, 3.8) is 0 Å². The van der Waals surface area contributed by atoms with Crippen molar-refractivity contribution >= 4 is 15.9 Å². The van der Waals surface area contributed by atoms with Crippen molar-refractivity contribution in [3.05, 3.63) is 34.3 Å². The second-order valence-electron chi connectivity index (χ2n) is 3.59. The first-order valence-electron chi connectivity index (χ1n) is 5.92. The molecule has 0 atom stereocenters. The van der Waals surface area contributed by atoms with Crippen molar-refractivity contribution < 1.29 is 19.3 Å². The molecule has 0 aliphatic rings. The quantitative estimate of drug-likeness (QED) is 0.670. The van der Waals surface area contributed by atoms with Crippen LogP contribution in [0.25, 0.3) is 0 Å². The molecule has 18 heavy (non-hydrogen) atoms. The molecule has 0 spiro atoms. The van der Waals surface area contributed by atoms with Crippen LogP contribution in [-0.2, 0) is 20.8 Å². The van der Waals surface area contributed by atoms with E-state index >= 15 is 0 Å². The lowest BCUT2D eigenvalue weighted by Gasteiger charge is -2.07. The first-order chi connectivity index (χ1) is 8.84. The van der Waals surface area contributed by atoms with Gasteiger partial charge >= 0.3 is 0 Å². The lowest BCUT2D eigenvalue weighted by atomic mass is 10.2. The van der Waals surface area contributed by atoms with Crippen molar-refractivity contribution in [1.82, 2.24) is 0 Å². The van der Waals surface area contributed by atoms with Gasteiger partial charge in [0.2, 0.25) is 0 Å². The predicted molar refractivity (Wildman–Crippen MR) is 72.5 cm³/mol. The Hall–Kier alpha value is -0.460. The van der Waals surface area contributed by atoms with Crippen molar-refractivity contribution in [1.29, 1.82) is 0 Å². The topological polar surface area (TPSA) is 47.9 Å². The van der Waals surface area contributed by atoms with Gasteiger partial charge in [-0.15, -0.1) is 0 Å². The molecule has 1 rings (SSSR count). The second kappa shape index (κ2) is 10.5. The van der Waals surface area contributed by atoms with Crippen molar-refractivity contribution in [2.24, 2.45) is 0 Å². The van der Waals surface area contributed by atoms with Crippen LogP contribution in [0, 0.1) is 0 Å². The van der Waals surface area contributed by atoms with Crippen LogP contribution in [-0.4, -0.2) is 44.7 Å². The monoisotopic (exact) mass is 318 g/mol. The molecule has 0 bridgehead atoms. The summed E-state index contributed by atoms with van der Waals surface area (Å²) in [5.41, 5.74) is 1.13. The molecule has 1 aromatic carbocycles. The molecule has 0 fully saturated rings. The smallest absolute Gasteiger partial charge is 0.0728 e. The van der Waals surface area contributed by atoms with E-state index in [9.17, 15) is 0 Å².